The van der Waals surface area contributed by atoms with Crippen LogP contribution in [0.5, 0.6) is 5.75 Å². The Kier molecular flexibility index (Phi) is 4.36. The van der Waals surface area contributed by atoms with E-state index in [9.17, 15) is 4.79 Å². The fraction of sp³-hybridized carbons (Fsp3) is 0.462. The maximum absolute atomic E-state index is 11.7. The second-order valence-electron chi connectivity index (χ2n) is 4.29. The summed E-state index contributed by atoms with van der Waals surface area (Å²) in [6, 6.07) is 7.47. The molecule has 2 rings (SSSR count). The van der Waals surface area contributed by atoms with Gasteiger partial charge in [0, 0.05) is 18.3 Å². The summed E-state index contributed by atoms with van der Waals surface area (Å²) in [7, 11) is 1.62. The number of carbonyl (C=O) groups excluding carboxylic acids is 1. The zero-order valence-electron chi connectivity index (χ0n) is 10.3. The molecule has 1 unspecified atom stereocenters. The first-order chi connectivity index (χ1) is 8.69. The lowest BCUT2D eigenvalue weighted by Gasteiger charge is -2.15. The summed E-state index contributed by atoms with van der Waals surface area (Å²) in [5.74, 6) is 0.794. The Balaban J connectivity index is 1.81. The van der Waals surface area contributed by atoms with Gasteiger partial charge in [-0.25, -0.2) is 4.79 Å². The van der Waals surface area contributed by atoms with Gasteiger partial charge in [-0.1, -0.05) is 12.1 Å². The largest absolute Gasteiger partial charge is 0.497 e. The summed E-state index contributed by atoms with van der Waals surface area (Å²) in [6.45, 7) is 1.69. The maximum atomic E-state index is 11.7. The smallest absolute Gasteiger partial charge is 0.410 e. The van der Waals surface area contributed by atoms with Gasteiger partial charge in [-0.15, -0.1) is 0 Å². The van der Waals surface area contributed by atoms with Crippen LogP contribution in [0.2, 0.25) is 0 Å². The van der Waals surface area contributed by atoms with Crippen molar-refractivity contribution in [3.63, 3.8) is 0 Å². The van der Waals surface area contributed by atoms with Gasteiger partial charge in [0.25, 0.3) is 0 Å². The Labute approximate surface area is 112 Å². The molecule has 0 saturated carbocycles. The molecule has 1 aromatic rings. The minimum Gasteiger partial charge on any atom is -0.497 e. The van der Waals surface area contributed by atoms with Crippen molar-refractivity contribution in [2.75, 3.05) is 20.2 Å². The lowest BCUT2D eigenvalue weighted by Crippen LogP contribution is -2.29. The van der Waals surface area contributed by atoms with Gasteiger partial charge < -0.3 is 14.4 Å². The molecule has 0 aromatic heterocycles. The fourth-order valence-electron chi connectivity index (χ4n) is 1.87. The summed E-state index contributed by atoms with van der Waals surface area (Å²) in [4.78, 5) is 13.4. The second kappa shape index (κ2) is 6.00. The first kappa shape index (κ1) is 13.1. The molecule has 4 nitrogen and oxygen atoms in total. The molecule has 1 amide bonds. The van der Waals surface area contributed by atoms with Crippen LogP contribution in [0.15, 0.2) is 24.3 Å². The molecule has 1 aliphatic heterocycles. The highest BCUT2D eigenvalue weighted by Crippen LogP contribution is 2.16. The van der Waals surface area contributed by atoms with Crippen LogP contribution in [-0.4, -0.2) is 36.4 Å². The second-order valence-corrected chi connectivity index (χ2v) is 5.02. The average molecular weight is 267 g/mol. The number of rotatable bonds is 3. The van der Waals surface area contributed by atoms with Crippen LogP contribution in [0.4, 0.5) is 4.79 Å². The van der Waals surface area contributed by atoms with E-state index >= 15 is 0 Å². The molecular weight excluding hydrogens is 250 g/mol. The fourth-order valence-corrected chi connectivity index (χ4v) is 2.18. The van der Waals surface area contributed by atoms with Gasteiger partial charge in [-0.05, 0) is 24.1 Å². The normalized spacial score (nSPS) is 18.8. The summed E-state index contributed by atoms with van der Waals surface area (Å²) in [5, 5.41) is 0.276. The Hall–Kier alpha value is -1.36. The number of methoxy groups -OCH3 is 1. The van der Waals surface area contributed by atoms with Crippen molar-refractivity contribution < 1.29 is 14.3 Å². The first-order valence-electron chi connectivity index (χ1n) is 5.91. The van der Waals surface area contributed by atoms with Gasteiger partial charge >= 0.3 is 6.09 Å². The van der Waals surface area contributed by atoms with E-state index in [1.165, 1.54) is 0 Å². The highest BCUT2D eigenvalue weighted by atomic mass is 32.1. The lowest BCUT2D eigenvalue weighted by molar-refractivity contribution is 0.104. The van der Waals surface area contributed by atoms with Crippen molar-refractivity contribution >= 4 is 18.7 Å². The van der Waals surface area contributed by atoms with Crippen LogP contribution in [0, 0.1) is 0 Å². The molecule has 1 aromatic carbocycles. The van der Waals surface area contributed by atoms with E-state index in [1.54, 1.807) is 12.0 Å². The minimum atomic E-state index is -0.262. The molecule has 1 aliphatic rings. The van der Waals surface area contributed by atoms with E-state index < -0.39 is 0 Å². The molecule has 5 heteroatoms. The van der Waals surface area contributed by atoms with Crippen LogP contribution < -0.4 is 4.74 Å². The van der Waals surface area contributed by atoms with Crippen molar-refractivity contribution in [3.05, 3.63) is 29.8 Å². The van der Waals surface area contributed by atoms with Crippen LogP contribution in [0.1, 0.15) is 12.0 Å². The lowest BCUT2D eigenvalue weighted by atomic mass is 10.2. The monoisotopic (exact) mass is 267 g/mol. The molecule has 1 heterocycles. The molecule has 1 atom stereocenters. The van der Waals surface area contributed by atoms with Crippen molar-refractivity contribution in [3.8, 4) is 5.75 Å². The third-order valence-corrected chi connectivity index (χ3v) is 3.36. The summed E-state index contributed by atoms with van der Waals surface area (Å²) in [5.41, 5.74) is 0.950. The summed E-state index contributed by atoms with van der Waals surface area (Å²) >= 11 is 4.34. The van der Waals surface area contributed by atoms with E-state index in [1.807, 2.05) is 24.3 Å². The molecule has 0 N–H and O–H groups in total. The van der Waals surface area contributed by atoms with Crippen LogP contribution in [0.3, 0.4) is 0 Å². The predicted molar refractivity (Wildman–Crippen MR) is 72.1 cm³/mol. The maximum Gasteiger partial charge on any atom is 0.410 e. The van der Waals surface area contributed by atoms with Gasteiger partial charge in [-0.2, -0.15) is 12.6 Å². The summed E-state index contributed by atoms with van der Waals surface area (Å²) < 4.78 is 10.3. The standard InChI is InChI=1S/C13H17NO3S/c1-16-11-4-2-10(3-5-11)9-17-13(15)14-7-6-12(18)8-14/h2-5,12,18H,6-9H2,1H3. The number of likely N-dealkylation sites (tertiary alicyclic amines) is 1. The minimum absolute atomic E-state index is 0.262. The molecule has 98 valence electrons. The highest BCUT2D eigenvalue weighted by molar-refractivity contribution is 7.81. The quantitative estimate of drug-likeness (QED) is 0.854. The molecule has 0 spiro atoms. The molecule has 1 saturated heterocycles. The molecular formula is C13H17NO3S. The number of thiol groups is 1. The molecule has 0 radical (unpaired) electrons. The number of nitrogens with zero attached hydrogens (tertiary/aromatic N) is 1. The van der Waals surface area contributed by atoms with E-state index in [2.05, 4.69) is 12.6 Å². The van der Waals surface area contributed by atoms with Crippen molar-refractivity contribution in [2.24, 2.45) is 0 Å². The van der Waals surface area contributed by atoms with Crippen molar-refractivity contribution in [1.29, 1.82) is 0 Å². The third-order valence-electron chi connectivity index (χ3n) is 2.94. The Morgan fingerprint density at radius 3 is 2.72 bits per heavy atom. The number of hydrogen-bond donors (Lipinski definition) is 1. The number of ether oxygens (including phenoxy) is 2. The van der Waals surface area contributed by atoms with Crippen LogP contribution in [0.25, 0.3) is 0 Å². The number of hydrogen-bond acceptors (Lipinski definition) is 4. The van der Waals surface area contributed by atoms with Gasteiger partial charge in [-0.3, -0.25) is 0 Å². The first-order valence-corrected chi connectivity index (χ1v) is 6.43. The highest BCUT2D eigenvalue weighted by Gasteiger charge is 2.24. The van der Waals surface area contributed by atoms with E-state index in [4.69, 9.17) is 9.47 Å². The zero-order valence-corrected chi connectivity index (χ0v) is 11.2. The Bertz CT molecular complexity index is 407. The Morgan fingerprint density at radius 1 is 1.44 bits per heavy atom. The van der Waals surface area contributed by atoms with Gasteiger partial charge in [0.05, 0.1) is 7.11 Å². The van der Waals surface area contributed by atoms with Crippen LogP contribution >= 0.6 is 12.6 Å². The van der Waals surface area contributed by atoms with E-state index in [-0.39, 0.29) is 18.0 Å². The van der Waals surface area contributed by atoms with Gasteiger partial charge in [0.1, 0.15) is 12.4 Å². The number of amides is 1. The Morgan fingerprint density at radius 2 is 2.17 bits per heavy atom. The van der Waals surface area contributed by atoms with Crippen LogP contribution in [-0.2, 0) is 11.3 Å². The molecule has 1 fully saturated rings. The zero-order chi connectivity index (χ0) is 13.0. The summed E-state index contributed by atoms with van der Waals surface area (Å²) in [6.07, 6.45) is 0.670. The molecule has 18 heavy (non-hydrogen) atoms. The average Bonchev–Trinajstić information content (AvgIpc) is 2.83. The van der Waals surface area contributed by atoms with Gasteiger partial charge in [0.2, 0.25) is 0 Å². The van der Waals surface area contributed by atoms with Gasteiger partial charge in [0.15, 0.2) is 0 Å². The van der Waals surface area contributed by atoms with E-state index in [0.29, 0.717) is 6.54 Å². The SMILES string of the molecule is COc1ccc(COC(=O)N2CCC(S)C2)cc1. The van der Waals surface area contributed by atoms with E-state index in [0.717, 1.165) is 24.3 Å². The van der Waals surface area contributed by atoms with Crippen molar-refractivity contribution in [2.45, 2.75) is 18.3 Å². The predicted octanol–water partition coefficient (Wildman–Crippen LogP) is 2.34. The number of benzene rings is 1. The third kappa shape index (κ3) is 3.32. The van der Waals surface area contributed by atoms with Crippen molar-refractivity contribution in [1.82, 2.24) is 4.90 Å². The topological polar surface area (TPSA) is 38.8 Å². The molecule has 0 aliphatic carbocycles. The number of carbonyl (C=O) groups is 1. The molecule has 0 bridgehead atoms.